The molecule has 48 heavy (non-hydrogen) atoms. The number of hydrogen-bond donors (Lipinski definition) is 0. The fourth-order valence-corrected chi connectivity index (χ4v) is 7.33. The first-order chi connectivity index (χ1) is 23.7. The first kappa shape index (κ1) is 27.4. The van der Waals surface area contributed by atoms with Crippen molar-refractivity contribution in [3.05, 3.63) is 169 Å². The topological polar surface area (TPSA) is 57.4 Å². The molecule has 0 saturated heterocycles. The van der Waals surface area contributed by atoms with Gasteiger partial charge in [-0.25, -0.2) is 0 Å². The van der Waals surface area contributed by atoms with Gasteiger partial charge in [0.25, 0.3) is 0 Å². The average Bonchev–Trinajstić information content (AvgIpc) is 3.67. The van der Waals surface area contributed by atoms with Gasteiger partial charge in [0.05, 0.1) is 45.0 Å². The zero-order chi connectivity index (χ0) is 32.2. The van der Waals surface area contributed by atoms with Crippen LogP contribution in [-0.4, -0.2) is 9.13 Å². The third-order valence-electron chi connectivity index (χ3n) is 9.42. The predicted octanol–water partition coefficient (Wildman–Crippen LogP) is 11.0. The van der Waals surface area contributed by atoms with E-state index in [0.29, 0.717) is 11.1 Å². The van der Waals surface area contributed by atoms with E-state index >= 15 is 0 Å². The third kappa shape index (κ3) is 4.07. The maximum atomic E-state index is 10.4. The Morgan fingerprint density at radius 1 is 0.396 bits per heavy atom. The Hall–Kier alpha value is -6.88. The van der Waals surface area contributed by atoms with Gasteiger partial charge in [0.15, 0.2) is 0 Å². The van der Waals surface area contributed by atoms with Crippen LogP contribution in [-0.2, 0) is 0 Å². The number of nitrogens with zero attached hydrogens (tertiary/aromatic N) is 4. The average molecular weight is 611 g/mol. The summed E-state index contributed by atoms with van der Waals surface area (Å²) in [6, 6.07) is 58.9. The molecule has 0 atom stereocenters. The minimum Gasteiger partial charge on any atom is -0.309 e. The second-order valence-corrected chi connectivity index (χ2v) is 12.0. The molecule has 222 valence electrons. The Bertz CT molecular complexity index is 2750. The number of hydrogen-bond acceptors (Lipinski definition) is 2. The Labute approximate surface area is 277 Å². The molecule has 0 fully saturated rings. The van der Waals surface area contributed by atoms with Gasteiger partial charge in [0.1, 0.15) is 6.07 Å². The summed E-state index contributed by atoms with van der Waals surface area (Å²) >= 11 is 0. The van der Waals surface area contributed by atoms with Crippen molar-refractivity contribution in [1.82, 2.24) is 9.13 Å². The molecule has 2 heterocycles. The number of nitriles is 2. The normalized spacial score (nSPS) is 11.3. The predicted molar refractivity (Wildman–Crippen MR) is 195 cm³/mol. The molecule has 9 aromatic rings. The summed E-state index contributed by atoms with van der Waals surface area (Å²) in [5.74, 6) is 0. The van der Waals surface area contributed by atoms with Crippen LogP contribution in [0.5, 0.6) is 0 Å². The molecule has 4 nitrogen and oxygen atoms in total. The molecule has 0 saturated carbocycles. The summed E-state index contributed by atoms with van der Waals surface area (Å²) in [6.45, 7) is 0. The van der Waals surface area contributed by atoms with E-state index in [1.807, 2.05) is 30.3 Å². The zero-order valence-electron chi connectivity index (χ0n) is 25.8. The van der Waals surface area contributed by atoms with E-state index in [2.05, 4.69) is 149 Å². The Morgan fingerprint density at radius 3 is 1.56 bits per heavy atom. The molecule has 0 radical (unpaired) electrons. The van der Waals surface area contributed by atoms with Gasteiger partial charge in [-0.15, -0.1) is 0 Å². The van der Waals surface area contributed by atoms with Gasteiger partial charge in [-0.3, -0.25) is 0 Å². The van der Waals surface area contributed by atoms with Crippen LogP contribution in [0.4, 0.5) is 0 Å². The second-order valence-electron chi connectivity index (χ2n) is 12.0. The molecule has 0 spiro atoms. The molecule has 0 aliphatic rings. The lowest BCUT2D eigenvalue weighted by molar-refractivity contribution is 1.17. The Balaban J connectivity index is 1.24. The molecular formula is C44H26N4. The maximum Gasteiger partial charge on any atom is 0.101 e. The molecule has 0 aliphatic heterocycles. The van der Waals surface area contributed by atoms with Crippen molar-refractivity contribution in [2.45, 2.75) is 0 Å². The minimum absolute atomic E-state index is 0.618. The summed E-state index contributed by atoms with van der Waals surface area (Å²) in [5, 5.41) is 24.7. The van der Waals surface area contributed by atoms with Crippen LogP contribution >= 0.6 is 0 Å². The van der Waals surface area contributed by atoms with Crippen LogP contribution in [0.1, 0.15) is 11.1 Å². The van der Waals surface area contributed by atoms with Gasteiger partial charge in [-0.1, -0.05) is 109 Å². The highest BCUT2D eigenvalue weighted by Crippen LogP contribution is 2.41. The first-order valence-electron chi connectivity index (χ1n) is 15.9. The highest BCUT2D eigenvalue weighted by molar-refractivity contribution is 6.11. The number of aromatic nitrogens is 2. The molecule has 2 aromatic heterocycles. The summed E-state index contributed by atoms with van der Waals surface area (Å²) in [5.41, 5.74) is 11.6. The molecule has 0 N–H and O–H groups in total. The molecule has 0 bridgehead atoms. The van der Waals surface area contributed by atoms with E-state index in [4.69, 9.17) is 0 Å². The molecule has 7 aromatic carbocycles. The van der Waals surface area contributed by atoms with Gasteiger partial charge >= 0.3 is 0 Å². The fourth-order valence-electron chi connectivity index (χ4n) is 7.33. The fraction of sp³-hybridized carbons (Fsp3) is 0. The van der Waals surface area contributed by atoms with Crippen molar-refractivity contribution >= 4 is 43.6 Å². The molecule has 0 amide bonds. The summed E-state index contributed by atoms with van der Waals surface area (Å²) < 4.78 is 4.48. The van der Waals surface area contributed by atoms with Gasteiger partial charge in [0, 0.05) is 32.8 Å². The van der Waals surface area contributed by atoms with E-state index in [1.54, 1.807) is 0 Å². The minimum atomic E-state index is 0.618. The van der Waals surface area contributed by atoms with Crippen molar-refractivity contribution < 1.29 is 0 Å². The van der Waals surface area contributed by atoms with E-state index in [1.165, 1.54) is 0 Å². The van der Waals surface area contributed by atoms with Crippen molar-refractivity contribution in [3.63, 3.8) is 0 Å². The van der Waals surface area contributed by atoms with E-state index in [-0.39, 0.29) is 0 Å². The molecule has 0 aliphatic carbocycles. The van der Waals surface area contributed by atoms with E-state index in [9.17, 15) is 10.5 Å². The summed E-state index contributed by atoms with van der Waals surface area (Å²) in [6.07, 6.45) is 0. The number of para-hydroxylation sites is 4. The van der Waals surface area contributed by atoms with Crippen LogP contribution in [0.2, 0.25) is 0 Å². The smallest absolute Gasteiger partial charge is 0.101 e. The lowest BCUT2D eigenvalue weighted by Crippen LogP contribution is -2.01. The lowest BCUT2D eigenvalue weighted by Gasteiger charge is -2.18. The quantitative estimate of drug-likeness (QED) is 0.199. The number of rotatable bonds is 4. The number of fused-ring (bicyclic) bond motifs is 6. The van der Waals surface area contributed by atoms with Crippen molar-refractivity contribution in [3.8, 4) is 45.8 Å². The second kappa shape index (κ2) is 10.9. The lowest BCUT2D eigenvalue weighted by atomic mass is 9.92. The van der Waals surface area contributed by atoms with E-state index < -0.39 is 0 Å². The van der Waals surface area contributed by atoms with Crippen molar-refractivity contribution in [2.75, 3.05) is 0 Å². The maximum absolute atomic E-state index is 10.4. The van der Waals surface area contributed by atoms with Gasteiger partial charge in [-0.2, -0.15) is 10.5 Å². The molecule has 9 rings (SSSR count). The summed E-state index contributed by atoms with van der Waals surface area (Å²) in [4.78, 5) is 0. The van der Waals surface area contributed by atoms with Crippen LogP contribution in [0.25, 0.3) is 77.2 Å². The zero-order valence-corrected chi connectivity index (χ0v) is 25.8. The largest absolute Gasteiger partial charge is 0.309 e. The Morgan fingerprint density at radius 2 is 0.938 bits per heavy atom. The van der Waals surface area contributed by atoms with Gasteiger partial charge in [-0.05, 0) is 65.2 Å². The van der Waals surface area contributed by atoms with Crippen molar-refractivity contribution in [1.29, 1.82) is 10.5 Å². The van der Waals surface area contributed by atoms with Crippen molar-refractivity contribution in [2.24, 2.45) is 0 Å². The van der Waals surface area contributed by atoms with Crippen LogP contribution < -0.4 is 0 Å². The van der Waals surface area contributed by atoms with Crippen LogP contribution in [0.15, 0.2) is 158 Å². The first-order valence-corrected chi connectivity index (χ1v) is 15.9. The molecule has 0 unspecified atom stereocenters. The summed E-state index contributed by atoms with van der Waals surface area (Å²) in [7, 11) is 0. The number of benzene rings is 7. The Kier molecular flexibility index (Phi) is 6.22. The van der Waals surface area contributed by atoms with Gasteiger partial charge in [0.2, 0.25) is 0 Å². The third-order valence-corrected chi connectivity index (χ3v) is 9.42. The molecule has 4 heteroatoms. The highest BCUT2D eigenvalue weighted by atomic mass is 15.0. The molecular weight excluding hydrogens is 585 g/mol. The van der Waals surface area contributed by atoms with Gasteiger partial charge < -0.3 is 9.13 Å². The monoisotopic (exact) mass is 610 g/mol. The van der Waals surface area contributed by atoms with Crippen LogP contribution in [0, 0.1) is 22.7 Å². The highest BCUT2D eigenvalue weighted by Gasteiger charge is 2.20. The SMILES string of the molecule is N#Cc1ccc2c3ccccc3n(-c3ccc(-c4ccccc4-c4cccc(C#N)c4-n4c5ccccc5c5ccccc54)cc3)c2c1. The van der Waals surface area contributed by atoms with E-state index in [0.717, 1.165) is 77.2 Å². The van der Waals surface area contributed by atoms with Crippen LogP contribution in [0.3, 0.4) is 0 Å². The standard InChI is InChI=1S/C44H26N4/c45-27-29-20-25-38-37-15-3-6-17-40(37)47(43(38)26-29)32-23-21-30(22-24-32)33-11-1-2-12-34(33)39-16-9-10-31(28-46)44(39)48-41-18-7-4-13-35(41)36-14-5-8-19-42(36)48/h1-26H.